The Morgan fingerprint density at radius 2 is 2.04 bits per heavy atom. The van der Waals surface area contributed by atoms with Crippen molar-refractivity contribution < 1.29 is 13.2 Å². The van der Waals surface area contributed by atoms with Gasteiger partial charge in [0, 0.05) is 38.1 Å². The molecule has 0 bridgehead atoms. The van der Waals surface area contributed by atoms with E-state index in [-0.39, 0.29) is 36.0 Å². The molecule has 0 spiro atoms. The molecule has 3 N–H and O–H groups in total. The van der Waals surface area contributed by atoms with E-state index >= 15 is 0 Å². The molecular formula is C17H30N6O3S. The van der Waals surface area contributed by atoms with Gasteiger partial charge in [0.25, 0.3) is 0 Å². The topological polar surface area (TPSA) is 116 Å². The molecule has 0 aromatic carbocycles. The number of hydrogen-bond donors (Lipinski definition) is 3. The summed E-state index contributed by atoms with van der Waals surface area (Å²) in [7, 11) is -1.86. The lowest BCUT2D eigenvalue weighted by Crippen LogP contribution is -2.48. The maximum Gasteiger partial charge on any atom is 0.242 e. The Labute approximate surface area is 161 Å². The van der Waals surface area contributed by atoms with Crippen LogP contribution in [-0.2, 0) is 14.8 Å². The molecule has 0 saturated heterocycles. The first-order valence-corrected chi connectivity index (χ1v) is 10.2. The van der Waals surface area contributed by atoms with Crippen molar-refractivity contribution in [1.29, 1.82) is 0 Å². The number of sulfonamides is 1. The molecule has 10 heteroatoms. The van der Waals surface area contributed by atoms with Crippen LogP contribution < -0.4 is 15.4 Å². The largest absolute Gasteiger partial charge is 0.357 e. The van der Waals surface area contributed by atoms with Gasteiger partial charge in [0.1, 0.15) is 4.90 Å². The van der Waals surface area contributed by atoms with Gasteiger partial charge in [-0.3, -0.25) is 14.8 Å². The summed E-state index contributed by atoms with van der Waals surface area (Å²) >= 11 is 0. The Morgan fingerprint density at radius 1 is 1.33 bits per heavy atom. The van der Waals surface area contributed by atoms with Gasteiger partial charge in [0.05, 0.1) is 13.1 Å². The summed E-state index contributed by atoms with van der Waals surface area (Å²) < 4.78 is 26.8. The Balaban J connectivity index is 2.61. The van der Waals surface area contributed by atoms with E-state index in [4.69, 9.17) is 0 Å². The quantitative estimate of drug-likeness (QED) is 0.327. The van der Waals surface area contributed by atoms with E-state index in [9.17, 15) is 13.2 Å². The molecule has 0 atom stereocenters. The molecule has 1 aromatic rings. The summed E-state index contributed by atoms with van der Waals surface area (Å²) in [6, 6.07) is 3.04. The minimum Gasteiger partial charge on any atom is -0.357 e. The van der Waals surface area contributed by atoms with Crippen LogP contribution in [0.25, 0.3) is 0 Å². The maximum absolute atomic E-state index is 12.1. The van der Waals surface area contributed by atoms with Gasteiger partial charge in [-0.25, -0.2) is 13.1 Å². The average molecular weight is 399 g/mol. The smallest absolute Gasteiger partial charge is 0.242 e. The lowest BCUT2D eigenvalue weighted by molar-refractivity contribution is -0.122. The van der Waals surface area contributed by atoms with Crippen molar-refractivity contribution in [2.75, 3.05) is 33.2 Å². The van der Waals surface area contributed by atoms with Crippen LogP contribution in [0.5, 0.6) is 0 Å². The lowest BCUT2D eigenvalue weighted by atomic mass is 10.1. The fourth-order valence-electron chi connectivity index (χ4n) is 2.15. The average Bonchev–Trinajstić information content (AvgIpc) is 2.56. The van der Waals surface area contributed by atoms with E-state index in [0.717, 1.165) is 0 Å². The van der Waals surface area contributed by atoms with Gasteiger partial charge in [-0.15, -0.1) is 0 Å². The molecule has 152 valence electrons. The standard InChI is InChI=1S/C17H30N6O3S/c1-6-19-16(23(5)13-15(24)22-17(2,3)4)20-10-11-21-27(25,26)14-8-7-9-18-12-14/h7-9,12,21H,6,10-11,13H2,1-5H3,(H,19,20)(H,22,24). The van der Waals surface area contributed by atoms with Crippen molar-refractivity contribution in [1.82, 2.24) is 25.2 Å². The summed E-state index contributed by atoms with van der Waals surface area (Å²) in [6.45, 7) is 8.80. The minimum atomic E-state index is -3.61. The van der Waals surface area contributed by atoms with Crippen molar-refractivity contribution in [3.63, 3.8) is 0 Å². The number of nitrogens with zero attached hydrogens (tertiary/aromatic N) is 3. The number of guanidine groups is 1. The highest BCUT2D eigenvalue weighted by molar-refractivity contribution is 7.89. The summed E-state index contributed by atoms with van der Waals surface area (Å²) in [6.07, 6.45) is 2.80. The number of amides is 1. The van der Waals surface area contributed by atoms with Gasteiger partial charge in [-0.1, -0.05) is 0 Å². The second-order valence-corrected chi connectivity index (χ2v) is 8.74. The summed E-state index contributed by atoms with van der Waals surface area (Å²) in [5.74, 6) is 0.412. The highest BCUT2D eigenvalue weighted by Crippen LogP contribution is 2.04. The third kappa shape index (κ3) is 8.83. The number of carbonyl (C=O) groups excluding carboxylic acids is 1. The van der Waals surface area contributed by atoms with E-state index in [2.05, 4.69) is 25.3 Å². The van der Waals surface area contributed by atoms with Gasteiger partial charge >= 0.3 is 0 Å². The van der Waals surface area contributed by atoms with Crippen molar-refractivity contribution >= 4 is 21.9 Å². The minimum absolute atomic E-state index is 0.108. The number of hydrogen-bond acceptors (Lipinski definition) is 5. The lowest BCUT2D eigenvalue weighted by Gasteiger charge is -2.25. The van der Waals surface area contributed by atoms with Crippen LogP contribution in [-0.4, -0.2) is 68.9 Å². The molecule has 1 amide bonds. The Morgan fingerprint density at radius 3 is 2.59 bits per heavy atom. The van der Waals surface area contributed by atoms with Gasteiger partial charge < -0.3 is 15.5 Å². The first kappa shape index (κ1) is 22.8. The molecule has 0 unspecified atom stereocenters. The van der Waals surface area contributed by atoms with Crippen LogP contribution in [0.2, 0.25) is 0 Å². The molecule has 0 saturated carbocycles. The van der Waals surface area contributed by atoms with Gasteiger partial charge in [-0.2, -0.15) is 0 Å². The van der Waals surface area contributed by atoms with Crippen LogP contribution in [0, 0.1) is 0 Å². The molecule has 1 aromatic heterocycles. The number of carbonyl (C=O) groups is 1. The Bertz CT molecular complexity index is 729. The molecule has 1 heterocycles. The SMILES string of the molecule is CCNC(=NCCNS(=O)(=O)c1cccnc1)N(C)CC(=O)NC(C)(C)C. The normalized spacial score (nSPS) is 12.6. The molecule has 0 aliphatic carbocycles. The molecule has 1 rings (SSSR count). The highest BCUT2D eigenvalue weighted by atomic mass is 32.2. The molecule has 0 radical (unpaired) electrons. The number of likely N-dealkylation sites (N-methyl/N-ethyl adjacent to an activating group) is 1. The highest BCUT2D eigenvalue weighted by Gasteiger charge is 2.17. The van der Waals surface area contributed by atoms with Crippen LogP contribution in [0.1, 0.15) is 27.7 Å². The maximum atomic E-state index is 12.1. The number of nitrogens with one attached hydrogen (secondary N) is 3. The van der Waals surface area contributed by atoms with Crippen molar-refractivity contribution in [3.8, 4) is 0 Å². The molecule has 0 fully saturated rings. The predicted octanol–water partition coefficient (Wildman–Crippen LogP) is 0.172. The number of pyridine rings is 1. The number of aromatic nitrogens is 1. The third-order valence-electron chi connectivity index (χ3n) is 3.20. The zero-order valence-corrected chi connectivity index (χ0v) is 17.4. The third-order valence-corrected chi connectivity index (χ3v) is 4.65. The van der Waals surface area contributed by atoms with E-state index in [1.165, 1.54) is 18.5 Å². The van der Waals surface area contributed by atoms with Crippen molar-refractivity contribution in [3.05, 3.63) is 24.5 Å². The Kier molecular flexibility index (Phi) is 8.64. The predicted molar refractivity (Wildman–Crippen MR) is 106 cm³/mol. The number of rotatable bonds is 8. The molecule has 0 aliphatic rings. The first-order chi connectivity index (χ1) is 12.5. The first-order valence-electron chi connectivity index (χ1n) is 8.75. The summed E-state index contributed by atoms with van der Waals surface area (Å²) in [5.41, 5.74) is -0.308. The fraction of sp³-hybridized carbons (Fsp3) is 0.588. The van der Waals surface area contributed by atoms with E-state index in [1.54, 1.807) is 18.0 Å². The van der Waals surface area contributed by atoms with Gasteiger partial charge in [0.2, 0.25) is 15.9 Å². The van der Waals surface area contributed by atoms with Crippen LogP contribution >= 0.6 is 0 Å². The Hall–Kier alpha value is -2.20. The van der Waals surface area contributed by atoms with E-state index in [1.807, 2.05) is 27.7 Å². The monoisotopic (exact) mass is 398 g/mol. The molecule has 9 nitrogen and oxygen atoms in total. The number of aliphatic imine (C=N–C) groups is 1. The van der Waals surface area contributed by atoms with Crippen LogP contribution in [0.4, 0.5) is 0 Å². The van der Waals surface area contributed by atoms with Crippen LogP contribution in [0.3, 0.4) is 0 Å². The molecular weight excluding hydrogens is 368 g/mol. The summed E-state index contributed by atoms with van der Waals surface area (Å²) in [4.78, 5) is 22.0. The van der Waals surface area contributed by atoms with Crippen molar-refractivity contribution in [2.45, 2.75) is 38.1 Å². The molecule has 27 heavy (non-hydrogen) atoms. The zero-order valence-electron chi connectivity index (χ0n) is 16.6. The second-order valence-electron chi connectivity index (χ2n) is 6.98. The molecule has 0 aliphatic heterocycles. The second kappa shape index (κ2) is 10.2. The summed E-state index contributed by atoms with van der Waals surface area (Å²) in [5, 5.41) is 5.98. The van der Waals surface area contributed by atoms with Crippen molar-refractivity contribution in [2.24, 2.45) is 4.99 Å². The van der Waals surface area contributed by atoms with Gasteiger partial charge in [0.15, 0.2) is 5.96 Å². The van der Waals surface area contributed by atoms with Crippen LogP contribution in [0.15, 0.2) is 34.4 Å². The fourth-order valence-corrected chi connectivity index (χ4v) is 3.13. The van der Waals surface area contributed by atoms with E-state index in [0.29, 0.717) is 12.5 Å². The van der Waals surface area contributed by atoms with Gasteiger partial charge in [-0.05, 0) is 39.8 Å². The van der Waals surface area contributed by atoms with E-state index < -0.39 is 10.0 Å². The zero-order chi connectivity index (χ0) is 20.5.